The number of nitrogens with two attached hydrogens (primary N) is 1. The van der Waals surface area contributed by atoms with E-state index < -0.39 is 6.10 Å². The molecular weight excluding hydrogens is 288 g/mol. The van der Waals surface area contributed by atoms with Crippen molar-refractivity contribution in [2.45, 2.75) is 51.3 Å². The summed E-state index contributed by atoms with van der Waals surface area (Å²) in [5.74, 6) is -0.206. The van der Waals surface area contributed by atoms with Crippen LogP contribution >= 0.6 is 0 Å². The molecule has 1 aromatic rings. The zero-order valence-electron chi connectivity index (χ0n) is 13.0. The lowest BCUT2D eigenvalue weighted by Gasteiger charge is -2.46. The number of piperidine rings is 1. The first-order valence-electron chi connectivity index (χ1n) is 7.08. The van der Waals surface area contributed by atoms with Gasteiger partial charge in [0.1, 0.15) is 5.54 Å². The lowest BCUT2D eigenvalue weighted by molar-refractivity contribution is -0.787. The van der Waals surface area contributed by atoms with Gasteiger partial charge in [0, 0.05) is 6.42 Å². The number of hydrogen-bond donors (Lipinski definition) is 3. The molecule has 5 heteroatoms. The Morgan fingerprint density at radius 2 is 1.76 bits per heavy atom. The number of aliphatic hydroxyl groups is 1. The molecule has 0 aromatic heterocycles. The van der Waals surface area contributed by atoms with Crippen molar-refractivity contribution in [2.24, 2.45) is 11.1 Å². The Balaban J connectivity index is 0.00000220. The van der Waals surface area contributed by atoms with Crippen molar-refractivity contribution in [3.05, 3.63) is 35.9 Å². The number of aliphatic hydroxyl groups excluding tert-OH is 1. The summed E-state index contributed by atoms with van der Waals surface area (Å²) in [6.45, 7) is 8.45. The van der Waals surface area contributed by atoms with Crippen molar-refractivity contribution in [1.29, 1.82) is 0 Å². The third kappa shape index (κ3) is 3.76. The van der Waals surface area contributed by atoms with Crippen LogP contribution in [0.5, 0.6) is 0 Å². The quantitative estimate of drug-likeness (QED) is 0.469. The summed E-state index contributed by atoms with van der Waals surface area (Å²) >= 11 is 0. The highest BCUT2D eigenvalue weighted by molar-refractivity contribution is 5.89. The zero-order valence-corrected chi connectivity index (χ0v) is 13.8. The molecule has 0 saturated carbocycles. The molecule has 1 fully saturated rings. The van der Waals surface area contributed by atoms with E-state index in [4.69, 9.17) is 0 Å². The second-order valence-electron chi connectivity index (χ2n) is 7.06. The Bertz CT molecular complexity index is 500. The van der Waals surface area contributed by atoms with Crippen LogP contribution in [-0.2, 0) is 0 Å². The third-order valence-corrected chi connectivity index (χ3v) is 4.15. The van der Waals surface area contributed by atoms with Crippen molar-refractivity contribution in [3.63, 3.8) is 0 Å². The summed E-state index contributed by atoms with van der Waals surface area (Å²) in [5, 5.41) is 25.9. The molecule has 2 unspecified atom stereocenters. The first kappa shape index (κ1) is 18.0. The second-order valence-corrected chi connectivity index (χ2v) is 7.06. The predicted molar refractivity (Wildman–Crippen MR) is 78.8 cm³/mol. The minimum absolute atomic E-state index is 0. The van der Waals surface area contributed by atoms with E-state index in [9.17, 15) is 10.3 Å². The predicted octanol–water partition coefficient (Wildman–Crippen LogP) is -1.31. The van der Waals surface area contributed by atoms with Gasteiger partial charge in [-0.15, -0.1) is 0 Å². The van der Waals surface area contributed by atoms with E-state index in [0.717, 1.165) is 5.56 Å². The van der Waals surface area contributed by atoms with Crippen molar-refractivity contribution < 1.29 is 28.0 Å². The van der Waals surface area contributed by atoms with E-state index in [1.54, 1.807) is 0 Å². The van der Waals surface area contributed by atoms with Crippen LogP contribution in [0.15, 0.2) is 35.5 Å². The number of oxime groups is 1. The molecule has 1 heterocycles. The van der Waals surface area contributed by atoms with Crippen LogP contribution in [0.25, 0.3) is 0 Å². The van der Waals surface area contributed by atoms with E-state index >= 15 is 0 Å². The van der Waals surface area contributed by atoms with Crippen LogP contribution in [0.4, 0.5) is 0 Å². The van der Waals surface area contributed by atoms with Crippen molar-refractivity contribution >= 4 is 5.71 Å². The lowest BCUT2D eigenvalue weighted by Crippen LogP contribution is -3.07. The van der Waals surface area contributed by atoms with Gasteiger partial charge in [-0.2, -0.15) is 0 Å². The Morgan fingerprint density at radius 3 is 2.29 bits per heavy atom. The summed E-state index contributed by atoms with van der Waals surface area (Å²) in [7, 11) is 0. The number of nitrogens with zero attached hydrogens (tertiary/aromatic N) is 1. The number of quaternary nitrogens is 1. The van der Waals surface area contributed by atoms with Crippen LogP contribution in [-0.4, -0.2) is 27.1 Å². The Morgan fingerprint density at radius 1 is 1.19 bits per heavy atom. The fourth-order valence-electron chi connectivity index (χ4n) is 3.68. The highest BCUT2D eigenvalue weighted by Gasteiger charge is 2.51. The molecule has 118 valence electrons. The molecule has 0 radical (unpaired) electrons. The molecule has 2 atom stereocenters. The fraction of sp³-hybridized carbons (Fsp3) is 0.562. The highest BCUT2D eigenvalue weighted by atomic mass is 35.5. The number of halogens is 1. The molecule has 0 spiro atoms. The van der Waals surface area contributed by atoms with Crippen molar-refractivity contribution in [2.75, 3.05) is 0 Å². The fourth-order valence-corrected chi connectivity index (χ4v) is 3.68. The van der Waals surface area contributed by atoms with E-state index in [-0.39, 0.29) is 29.4 Å². The van der Waals surface area contributed by atoms with Gasteiger partial charge in [-0.05, 0) is 33.3 Å². The number of hydrogen-bond acceptors (Lipinski definition) is 3. The van der Waals surface area contributed by atoms with Gasteiger partial charge in [0.05, 0.1) is 23.3 Å². The monoisotopic (exact) mass is 312 g/mol. The van der Waals surface area contributed by atoms with Crippen LogP contribution in [0.2, 0.25) is 0 Å². The van der Waals surface area contributed by atoms with Crippen molar-refractivity contribution in [3.8, 4) is 0 Å². The normalized spacial score (nSPS) is 26.9. The molecule has 0 bridgehead atoms. The second kappa shape index (κ2) is 6.34. The molecule has 1 aliphatic heterocycles. The maximum atomic E-state index is 10.7. The summed E-state index contributed by atoms with van der Waals surface area (Å²) in [6, 6.07) is 9.58. The molecule has 0 amide bonds. The molecule has 1 saturated heterocycles. The van der Waals surface area contributed by atoms with Gasteiger partial charge >= 0.3 is 0 Å². The van der Waals surface area contributed by atoms with Gasteiger partial charge in [0.15, 0.2) is 0 Å². The minimum atomic E-state index is -0.663. The number of rotatable bonds is 2. The third-order valence-electron chi connectivity index (χ3n) is 4.15. The maximum absolute atomic E-state index is 10.7. The van der Waals surface area contributed by atoms with Crippen molar-refractivity contribution in [1.82, 2.24) is 0 Å². The average molecular weight is 313 g/mol. The van der Waals surface area contributed by atoms with E-state index in [0.29, 0.717) is 12.1 Å². The molecule has 4 N–H and O–H groups in total. The molecule has 0 aliphatic carbocycles. The van der Waals surface area contributed by atoms with Gasteiger partial charge < -0.3 is 28.0 Å². The van der Waals surface area contributed by atoms with Gasteiger partial charge in [0.2, 0.25) is 0 Å². The van der Waals surface area contributed by atoms with Crippen LogP contribution < -0.4 is 17.7 Å². The Hall–Kier alpha value is -1.10. The standard InChI is InChI=1S/C16H24N2O2.ClH/c1-15(2)10-12(17-20)13(16(3,4)18-15)14(19)11-8-6-5-7-9-11;/h5-9,13-14,18-20H,10H2,1-4H3;1H/b17-12+;. The SMILES string of the molecule is CC1(C)C/C(=N\O)C(C(O)c2ccccc2)C(C)(C)[NH2+]1.[Cl-]. The smallest absolute Gasteiger partial charge is 0.102 e. The number of benzene rings is 1. The summed E-state index contributed by atoms with van der Waals surface area (Å²) < 4.78 is 0. The van der Waals surface area contributed by atoms with Crippen LogP contribution in [0.1, 0.15) is 45.8 Å². The van der Waals surface area contributed by atoms with Gasteiger partial charge in [-0.25, -0.2) is 0 Å². The van der Waals surface area contributed by atoms with Crippen LogP contribution in [0, 0.1) is 5.92 Å². The molecule has 4 nitrogen and oxygen atoms in total. The Kier molecular flexibility index (Phi) is 5.42. The minimum Gasteiger partial charge on any atom is -1.00 e. The van der Waals surface area contributed by atoms with Gasteiger partial charge in [-0.1, -0.05) is 35.5 Å². The molecule has 2 rings (SSSR count). The summed E-state index contributed by atoms with van der Waals surface area (Å²) in [5.41, 5.74) is 1.27. The molecule has 1 aliphatic rings. The largest absolute Gasteiger partial charge is 1.00 e. The maximum Gasteiger partial charge on any atom is 0.102 e. The first-order valence-corrected chi connectivity index (χ1v) is 7.08. The molecule has 1 aromatic carbocycles. The van der Waals surface area contributed by atoms with Gasteiger partial charge in [-0.3, -0.25) is 0 Å². The molecule has 21 heavy (non-hydrogen) atoms. The lowest BCUT2D eigenvalue weighted by atomic mass is 9.69. The van der Waals surface area contributed by atoms with E-state index in [1.165, 1.54) is 0 Å². The van der Waals surface area contributed by atoms with Crippen LogP contribution in [0.3, 0.4) is 0 Å². The molecular formula is C16H25ClN2O2. The topological polar surface area (TPSA) is 69.4 Å². The summed E-state index contributed by atoms with van der Waals surface area (Å²) in [4.78, 5) is 0. The summed E-state index contributed by atoms with van der Waals surface area (Å²) in [6.07, 6.45) is 0.00560. The van der Waals surface area contributed by atoms with E-state index in [2.05, 4.69) is 38.2 Å². The van der Waals surface area contributed by atoms with Gasteiger partial charge in [0.25, 0.3) is 0 Å². The highest BCUT2D eigenvalue weighted by Crippen LogP contribution is 2.35. The average Bonchev–Trinajstić information content (AvgIpc) is 2.36. The first-order chi connectivity index (χ1) is 9.27. The zero-order chi connectivity index (χ0) is 15.0. The van der Waals surface area contributed by atoms with E-state index in [1.807, 2.05) is 30.3 Å². The Labute approximate surface area is 132 Å².